The van der Waals surface area contributed by atoms with Gasteiger partial charge in [0.05, 0.1) is 30.7 Å². The molecule has 0 amide bonds. The maximum absolute atomic E-state index is 14.4. The fourth-order valence-corrected chi connectivity index (χ4v) is 7.33. The first kappa shape index (κ1) is 35.9. The van der Waals surface area contributed by atoms with E-state index in [2.05, 4.69) is 28.8 Å². The van der Waals surface area contributed by atoms with Crippen molar-refractivity contribution in [2.75, 3.05) is 31.7 Å². The Hall–Kier alpha value is -3.96. The SMILES string of the molecule is CCCC(=O)OC[C@@]1(CO[P@@](=O)(C[C@@H](C)C(=O)OCC(CCC)CCC)Oc2ccccc2)C/C1=C/n1cnc2c(=O)[nH]c(N)nc21. The highest BCUT2D eigenvalue weighted by molar-refractivity contribution is 7.54. The van der Waals surface area contributed by atoms with Crippen LogP contribution in [-0.4, -0.2) is 57.4 Å². The maximum Gasteiger partial charge on any atom is 0.380 e. The van der Waals surface area contributed by atoms with Gasteiger partial charge in [-0.25, -0.2) is 9.55 Å². The summed E-state index contributed by atoms with van der Waals surface area (Å²) >= 11 is 0. The summed E-state index contributed by atoms with van der Waals surface area (Å²) in [7, 11) is -3.95. The second-order valence-electron chi connectivity index (χ2n) is 12.2. The van der Waals surface area contributed by atoms with Crippen molar-refractivity contribution < 1.29 is 32.7 Å². The van der Waals surface area contributed by atoms with Crippen molar-refractivity contribution in [2.45, 2.75) is 72.6 Å². The number of rotatable bonds is 19. The van der Waals surface area contributed by atoms with Crippen LogP contribution in [0.2, 0.25) is 0 Å². The number of aromatic amines is 1. The van der Waals surface area contributed by atoms with Gasteiger partial charge < -0.3 is 19.7 Å². The van der Waals surface area contributed by atoms with Crippen molar-refractivity contribution in [1.82, 2.24) is 19.5 Å². The van der Waals surface area contributed by atoms with Crippen molar-refractivity contribution in [2.24, 2.45) is 17.3 Å². The molecule has 3 atom stereocenters. The minimum atomic E-state index is -3.95. The molecule has 0 aliphatic heterocycles. The lowest BCUT2D eigenvalue weighted by molar-refractivity contribution is -0.149. The first-order chi connectivity index (χ1) is 22.5. The summed E-state index contributed by atoms with van der Waals surface area (Å²) < 4.78 is 39.3. The van der Waals surface area contributed by atoms with E-state index in [1.165, 1.54) is 6.33 Å². The lowest BCUT2D eigenvalue weighted by Crippen LogP contribution is -2.25. The van der Waals surface area contributed by atoms with Crippen molar-refractivity contribution in [3.8, 4) is 5.75 Å². The Morgan fingerprint density at radius 1 is 1.11 bits per heavy atom. The molecule has 1 fully saturated rings. The number of para-hydroxylation sites is 1. The summed E-state index contributed by atoms with van der Waals surface area (Å²) in [5, 5.41) is 0. The number of H-pyrrole nitrogens is 1. The normalized spacial score (nSPS) is 18.6. The van der Waals surface area contributed by atoms with Crippen LogP contribution < -0.4 is 15.8 Å². The van der Waals surface area contributed by atoms with Gasteiger partial charge in [0.15, 0.2) is 11.2 Å². The van der Waals surface area contributed by atoms with Gasteiger partial charge in [-0.2, -0.15) is 4.98 Å². The Morgan fingerprint density at radius 2 is 1.83 bits per heavy atom. The quantitative estimate of drug-likeness (QED) is 0.113. The van der Waals surface area contributed by atoms with Crippen LogP contribution >= 0.6 is 7.60 Å². The molecule has 1 aromatic carbocycles. The van der Waals surface area contributed by atoms with E-state index in [1.807, 2.05) is 6.92 Å². The number of esters is 2. The predicted octanol–water partition coefficient (Wildman–Crippen LogP) is 5.96. The Kier molecular flexibility index (Phi) is 12.4. The average molecular weight is 672 g/mol. The van der Waals surface area contributed by atoms with Crippen molar-refractivity contribution in [3.63, 3.8) is 0 Å². The predicted molar refractivity (Wildman–Crippen MR) is 179 cm³/mol. The van der Waals surface area contributed by atoms with Crippen LogP contribution in [0.1, 0.15) is 72.6 Å². The number of nitrogens with one attached hydrogen (secondary N) is 1. The molecule has 14 heteroatoms. The zero-order chi connectivity index (χ0) is 34.0. The van der Waals surface area contributed by atoms with Gasteiger partial charge in [-0.05, 0) is 49.3 Å². The molecule has 4 rings (SSSR count). The molecule has 3 aromatic rings. The largest absolute Gasteiger partial charge is 0.465 e. The molecule has 13 nitrogen and oxygen atoms in total. The lowest BCUT2D eigenvalue weighted by atomic mass is 9.99. The van der Waals surface area contributed by atoms with Crippen molar-refractivity contribution in [1.29, 1.82) is 0 Å². The van der Waals surface area contributed by atoms with Crippen LogP contribution in [-0.2, 0) is 28.2 Å². The van der Waals surface area contributed by atoms with Crippen LogP contribution in [0.15, 0.2) is 47.0 Å². The van der Waals surface area contributed by atoms with E-state index in [1.54, 1.807) is 48.0 Å². The Morgan fingerprint density at radius 3 is 2.51 bits per heavy atom. The van der Waals surface area contributed by atoms with Crippen LogP contribution in [0.25, 0.3) is 17.4 Å². The fourth-order valence-electron chi connectivity index (χ4n) is 5.39. The number of nitrogen functional groups attached to an aromatic ring is 1. The molecule has 1 saturated carbocycles. The van der Waals surface area contributed by atoms with Crippen LogP contribution in [0.5, 0.6) is 5.75 Å². The molecule has 0 bridgehead atoms. The lowest BCUT2D eigenvalue weighted by Gasteiger charge is -2.25. The van der Waals surface area contributed by atoms with E-state index < -0.39 is 30.5 Å². The summed E-state index contributed by atoms with van der Waals surface area (Å²) in [6, 6.07) is 8.62. The van der Waals surface area contributed by atoms with Crippen LogP contribution in [0.3, 0.4) is 0 Å². The molecule has 2 heterocycles. The average Bonchev–Trinajstić information content (AvgIpc) is 3.57. The van der Waals surface area contributed by atoms with E-state index in [0.29, 0.717) is 25.2 Å². The molecule has 2 aromatic heterocycles. The molecule has 0 spiro atoms. The molecule has 47 heavy (non-hydrogen) atoms. The number of ether oxygens (including phenoxy) is 2. The first-order valence-corrected chi connectivity index (χ1v) is 18.0. The van der Waals surface area contributed by atoms with Gasteiger partial charge in [-0.3, -0.25) is 28.5 Å². The Balaban J connectivity index is 1.56. The van der Waals surface area contributed by atoms with E-state index in [-0.39, 0.29) is 54.8 Å². The number of fused-ring (bicyclic) bond motifs is 1. The number of anilines is 1. The summed E-state index contributed by atoms with van der Waals surface area (Å²) in [5.41, 5.74) is 5.62. The number of benzene rings is 1. The number of hydrogen-bond donors (Lipinski definition) is 2. The molecule has 1 aliphatic carbocycles. The van der Waals surface area contributed by atoms with Gasteiger partial charge in [-0.1, -0.05) is 58.7 Å². The zero-order valence-corrected chi connectivity index (χ0v) is 28.5. The van der Waals surface area contributed by atoms with Gasteiger partial charge in [0, 0.05) is 12.6 Å². The second-order valence-corrected chi connectivity index (χ2v) is 14.3. The molecular formula is C33H46N5O8P. The van der Waals surface area contributed by atoms with Gasteiger partial charge in [-0.15, -0.1) is 0 Å². The third-order valence-corrected chi connectivity index (χ3v) is 10.1. The molecule has 0 saturated heterocycles. The smallest absolute Gasteiger partial charge is 0.380 e. The van der Waals surface area contributed by atoms with Crippen LogP contribution in [0, 0.1) is 17.3 Å². The molecule has 256 valence electrons. The second kappa shape index (κ2) is 16.2. The van der Waals surface area contributed by atoms with Gasteiger partial charge in [0.2, 0.25) is 5.95 Å². The third kappa shape index (κ3) is 9.77. The number of imidazole rings is 1. The highest BCUT2D eigenvalue weighted by Gasteiger charge is 2.52. The van der Waals surface area contributed by atoms with E-state index >= 15 is 0 Å². The number of carbonyl (C=O) groups excluding carboxylic acids is 2. The van der Waals surface area contributed by atoms with Crippen molar-refractivity contribution >= 4 is 42.8 Å². The standard InChI is InChI=1S/C33H46N5O8P/c1-5-11-24(12-6-2)18-43-31(41)23(4)19-47(42,46-26-14-9-8-10-15-26)45-21-33(20-44-27(39)13-7-3)16-25(33)17-38-22-35-28-29(38)36-32(34)37-30(28)40/h8-10,14-15,17,22-24H,5-7,11-13,16,18-21H2,1-4H3,(H3,34,36,37,40)/b25-17-/t23-,33-,47+/m1/s1. The maximum atomic E-state index is 14.4. The fraction of sp³-hybridized carbons (Fsp3) is 0.545. The number of carbonyl (C=O) groups is 2. The minimum Gasteiger partial charge on any atom is -0.465 e. The minimum absolute atomic E-state index is 0.0281. The number of hydrogen-bond acceptors (Lipinski definition) is 11. The third-order valence-electron chi connectivity index (χ3n) is 8.07. The highest BCUT2D eigenvalue weighted by Crippen LogP contribution is 2.58. The Bertz CT molecular complexity index is 1650. The van der Waals surface area contributed by atoms with E-state index in [9.17, 15) is 18.9 Å². The first-order valence-electron chi connectivity index (χ1n) is 16.2. The van der Waals surface area contributed by atoms with Crippen molar-refractivity contribution in [3.05, 3.63) is 52.6 Å². The number of aromatic nitrogens is 4. The molecule has 3 N–H and O–H groups in total. The van der Waals surface area contributed by atoms with E-state index in [4.69, 9.17) is 24.3 Å². The number of nitrogens with zero attached hydrogens (tertiary/aromatic N) is 3. The summed E-state index contributed by atoms with van der Waals surface area (Å²) in [4.78, 5) is 48.5. The summed E-state index contributed by atoms with van der Waals surface area (Å²) in [6.45, 7) is 7.89. The highest BCUT2D eigenvalue weighted by atomic mass is 31.2. The Labute approximate surface area is 274 Å². The summed E-state index contributed by atoms with van der Waals surface area (Å²) in [5.74, 6) is -1.05. The molecular weight excluding hydrogens is 625 g/mol. The van der Waals surface area contributed by atoms with Gasteiger partial charge in [0.25, 0.3) is 5.56 Å². The van der Waals surface area contributed by atoms with Crippen LogP contribution in [0.4, 0.5) is 5.95 Å². The van der Waals surface area contributed by atoms with Gasteiger partial charge in [0.1, 0.15) is 18.7 Å². The van der Waals surface area contributed by atoms with E-state index in [0.717, 1.165) is 31.3 Å². The molecule has 1 aliphatic rings. The number of nitrogens with two attached hydrogens (primary N) is 1. The summed E-state index contributed by atoms with van der Waals surface area (Å²) in [6.07, 6.45) is 8.18. The molecule has 0 unspecified atom stereocenters. The van der Waals surface area contributed by atoms with Gasteiger partial charge >= 0.3 is 19.5 Å². The monoisotopic (exact) mass is 671 g/mol. The zero-order valence-electron chi connectivity index (χ0n) is 27.6. The molecule has 0 radical (unpaired) electrons. The topological polar surface area (TPSA) is 178 Å².